The maximum atomic E-state index is 13.3. The number of hydrogen-bond donors (Lipinski definition) is 2. The molecule has 10 nitrogen and oxygen atoms in total. The van der Waals surface area contributed by atoms with Gasteiger partial charge in [-0.1, -0.05) is 24.6 Å². The van der Waals surface area contributed by atoms with Crippen molar-refractivity contribution >= 4 is 29.9 Å². The summed E-state index contributed by atoms with van der Waals surface area (Å²) in [4.78, 5) is 58.4. The van der Waals surface area contributed by atoms with Crippen LogP contribution in [0.25, 0.3) is 0 Å². The molecular weight excluding hydrogens is 484 g/mol. The fraction of sp³-hybridized carbons (Fsp3) is 0.643. The molecule has 0 aromatic heterocycles. The number of piperidine rings is 3. The summed E-state index contributed by atoms with van der Waals surface area (Å²) in [5.74, 6) is -0.297. The molecule has 0 radical (unpaired) electrons. The summed E-state index contributed by atoms with van der Waals surface area (Å²) in [6, 6.07) is 7.45. The molecule has 4 aliphatic rings. The van der Waals surface area contributed by atoms with Crippen molar-refractivity contribution in [3.8, 4) is 0 Å². The van der Waals surface area contributed by atoms with Crippen LogP contribution in [-0.2, 0) is 20.9 Å². The van der Waals surface area contributed by atoms with Crippen LogP contribution < -0.4 is 10.6 Å². The summed E-state index contributed by atoms with van der Waals surface area (Å²) >= 11 is 0. The lowest BCUT2D eigenvalue weighted by Crippen LogP contribution is -2.54. The molecule has 206 valence electrons. The first-order valence-corrected chi connectivity index (χ1v) is 14.2. The highest BCUT2D eigenvalue weighted by Crippen LogP contribution is 2.28. The Bertz CT molecular complexity index is 1010. The fourth-order valence-corrected chi connectivity index (χ4v) is 6.50. The number of likely N-dealkylation sites (tertiary alicyclic amines) is 3. The smallest absolute Gasteiger partial charge is 0.322 e. The van der Waals surface area contributed by atoms with Gasteiger partial charge in [0.1, 0.15) is 6.04 Å². The van der Waals surface area contributed by atoms with E-state index in [-0.39, 0.29) is 30.3 Å². The third kappa shape index (κ3) is 5.95. The minimum absolute atomic E-state index is 0.0358. The number of benzene rings is 1. The Morgan fingerprint density at radius 2 is 1.58 bits per heavy atom. The first kappa shape index (κ1) is 26.5. The van der Waals surface area contributed by atoms with Crippen LogP contribution in [0.1, 0.15) is 56.9 Å². The van der Waals surface area contributed by atoms with Crippen LogP contribution in [0, 0.1) is 0 Å². The molecule has 3 saturated heterocycles. The van der Waals surface area contributed by atoms with E-state index >= 15 is 0 Å². The van der Waals surface area contributed by atoms with Crippen molar-refractivity contribution in [3.05, 3.63) is 29.8 Å². The minimum atomic E-state index is -0.839. The van der Waals surface area contributed by atoms with Crippen molar-refractivity contribution in [2.45, 2.75) is 76.0 Å². The van der Waals surface area contributed by atoms with Gasteiger partial charge in [-0.3, -0.25) is 14.4 Å². The van der Waals surface area contributed by atoms with Gasteiger partial charge in [0.15, 0.2) is 0 Å². The number of nitrogens with one attached hydrogen (secondary N) is 2. The van der Waals surface area contributed by atoms with E-state index in [1.807, 2.05) is 34.1 Å². The Labute approximate surface area is 224 Å². The van der Waals surface area contributed by atoms with Crippen LogP contribution in [-0.4, -0.2) is 101 Å². The number of fused-ring (bicyclic) bond motifs is 1. The molecule has 0 bridgehead atoms. The van der Waals surface area contributed by atoms with Gasteiger partial charge in [0, 0.05) is 50.5 Å². The van der Waals surface area contributed by atoms with Crippen molar-refractivity contribution in [2.75, 3.05) is 44.6 Å². The third-order valence-corrected chi connectivity index (χ3v) is 8.75. The van der Waals surface area contributed by atoms with E-state index in [4.69, 9.17) is 0 Å². The van der Waals surface area contributed by atoms with Gasteiger partial charge in [-0.05, 0) is 63.2 Å². The number of amides is 5. The highest BCUT2D eigenvalue weighted by molar-refractivity contribution is 5.92. The number of anilines is 1. The Hall–Kier alpha value is -3.14. The topological polar surface area (TPSA) is 105 Å². The zero-order chi connectivity index (χ0) is 26.5. The average molecular weight is 525 g/mol. The molecule has 38 heavy (non-hydrogen) atoms. The van der Waals surface area contributed by atoms with Crippen LogP contribution in [0.2, 0.25) is 0 Å². The standard InChI is InChI=1S/C28H40N6O4/c35-20-29-25(27(37)33-16-8-22(9-17-33)31-12-4-1-5-13-31)18-26(36)32-14-10-23(11-15-32)34-19-21-6-2-3-7-24(21)30-28(34)38/h2-3,6-7,20,22-23,25H,1,4-5,8-19H2,(H,29,35)(H,30,38)/t25-/m0/s1. The van der Waals surface area contributed by atoms with Crippen LogP contribution in [0.5, 0.6) is 0 Å². The van der Waals surface area contributed by atoms with Crippen LogP contribution in [0.15, 0.2) is 24.3 Å². The molecule has 2 N–H and O–H groups in total. The molecule has 1 atom stereocenters. The lowest BCUT2D eigenvalue weighted by Gasteiger charge is -2.41. The molecule has 0 saturated carbocycles. The van der Waals surface area contributed by atoms with E-state index < -0.39 is 6.04 Å². The van der Waals surface area contributed by atoms with Crippen LogP contribution >= 0.6 is 0 Å². The molecule has 4 heterocycles. The van der Waals surface area contributed by atoms with Crippen LogP contribution in [0.3, 0.4) is 0 Å². The van der Waals surface area contributed by atoms with Gasteiger partial charge in [0.25, 0.3) is 0 Å². The highest BCUT2D eigenvalue weighted by Gasteiger charge is 2.35. The van der Waals surface area contributed by atoms with Crippen molar-refractivity contribution in [1.29, 1.82) is 0 Å². The number of para-hydroxylation sites is 1. The third-order valence-electron chi connectivity index (χ3n) is 8.75. The largest absolute Gasteiger partial charge is 0.346 e. The van der Waals surface area contributed by atoms with Crippen molar-refractivity contribution in [1.82, 2.24) is 24.9 Å². The van der Waals surface area contributed by atoms with Gasteiger partial charge in [-0.15, -0.1) is 0 Å². The normalized spacial score (nSPS) is 22.4. The number of hydrogen-bond acceptors (Lipinski definition) is 5. The van der Waals surface area contributed by atoms with E-state index in [0.717, 1.165) is 37.2 Å². The summed E-state index contributed by atoms with van der Waals surface area (Å²) in [7, 11) is 0. The van der Waals surface area contributed by atoms with Gasteiger partial charge in [0.05, 0.1) is 6.42 Å². The maximum absolute atomic E-state index is 13.3. The quantitative estimate of drug-likeness (QED) is 0.531. The van der Waals surface area contributed by atoms with E-state index in [1.54, 1.807) is 4.90 Å². The zero-order valence-corrected chi connectivity index (χ0v) is 22.1. The molecule has 5 rings (SSSR count). The number of nitrogens with zero attached hydrogens (tertiary/aromatic N) is 4. The predicted octanol–water partition coefficient (Wildman–Crippen LogP) is 2.01. The molecule has 1 aromatic carbocycles. The van der Waals surface area contributed by atoms with Gasteiger partial charge in [-0.2, -0.15) is 0 Å². The second-order valence-corrected chi connectivity index (χ2v) is 11.0. The number of carbonyl (C=O) groups excluding carboxylic acids is 4. The SMILES string of the molecule is O=CN[C@@H](CC(=O)N1CCC(N2Cc3ccccc3NC2=O)CC1)C(=O)N1CCC(N2CCCCC2)CC1. The molecule has 0 unspecified atom stereocenters. The average Bonchev–Trinajstić information content (AvgIpc) is 2.97. The van der Waals surface area contributed by atoms with Crippen LogP contribution in [0.4, 0.5) is 10.5 Å². The van der Waals surface area contributed by atoms with E-state index in [0.29, 0.717) is 58.0 Å². The van der Waals surface area contributed by atoms with E-state index in [2.05, 4.69) is 15.5 Å². The monoisotopic (exact) mass is 524 g/mol. The Kier molecular flexibility index (Phi) is 8.46. The Balaban J connectivity index is 1.10. The lowest BCUT2D eigenvalue weighted by atomic mass is 9.98. The molecule has 5 amide bonds. The molecule has 1 aromatic rings. The van der Waals surface area contributed by atoms with Gasteiger partial charge < -0.3 is 30.2 Å². The number of urea groups is 1. The molecule has 0 spiro atoms. The number of rotatable bonds is 7. The molecule has 3 fully saturated rings. The van der Waals surface area contributed by atoms with E-state index in [1.165, 1.54) is 19.3 Å². The lowest BCUT2D eigenvalue weighted by molar-refractivity contribution is -0.141. The summed E-state index contributed by atoms with van der Waals surface area (Å²) in [6.07, 6.45) is 7.55. The second kappa shape index (κ2) is 12.1. The summed E-state index contributed by atoms with van der Waals surface area (Å²) < 4.78 is 0. The zero-order valence-electron chi connectivity index (χ0n) is 22.1. The van der Waals surface area contributed by atoms with Gasteiger partial charge in [0.2, 0.25) is 18.2 Å². The highest BCUT2D eigenvalue weighted by atomic mass is 16.2. The van der Waals surface area contributed by atoms with Gasteiger partial charge >= 0.3 is 6.03 Å². The van der Waals surface area contributed by atoms with Gasteiger partial charge in [-0.25, -0.2) is 4.79 Å². The van der Waals surface area contributed by atoms with Crippen molar-refractivity contribution < 1.29 is 19.2 Å². The first-order valence-electron chi connectivity index (χ1n) is 14.2. The molecular formula is C28H40N6O4. The summed E-state index contributed by atoms with van der Waals surface area (Å²) in [5.41, 5.74) is 1.95. The summed E-state index contributed by atoms with van der Waals surface area (Å²) in [5, 5.41) is 5.58. The second-order valence-electron chi connectivity index (χ2n) is 11.0. The summed E-state index contributed by atoms with van der Waals surface area (Å²) in [6.45, 7) is 5.24. The first-order chi connectivity index (χ1) is 18.5. The Morgan fingerprint density at radius 3 is 2.29 bits per heavy atom. The maximum Gasteiger partial charge on any atom is 0.322 e. The van der Waals surface area contributed by atoms with E-state index in [9.17, 15) is 19.2 Å². The fourth-order valence-electron chi connectivity index (χ4n) is 6.50. The number of carbonyl (C=O) groups is 4. The Morgan fingerprint density at radius 1 is 0.921 bits per heavy atom. The van der Waals surface area contributed by atoms with Crippen molar-refractivity contribution in [2.24, 2.45) is 0 Å². The minimum Gasteiger partial charge on any atom is -0.346 e. The predicted molar refractivity (Wildman–Crippen MR) is 143 cm³/mol. The molecule has 10 heteroatoms. The molecule has 0 aliphatic carbocycles. The van der Waals surface area contributed by atoms with Crippen molar-refractivity contribution in [3.63, 3.8) is 0 Å². The molecule has 4 aliphatic heterocycles.